The Hall–Kier alpha value is -2.67. The van der Waals surface area contributed by atoms with Gasteiger partial charge in [0, 0.05) is 5.02 Å². The number of nitrogens with zero attached hydrogens (tertiary/aromatic N) is 1. The summed E-state index contributed by atoms with van der Waals surface area (Å²) in [5, 5.41) is 8.93. The van der Waals surface area contributed by atoms with Gasteiger partial charge in [-0.1, -0.05) is 23.7 Å². The van der Waals surface area contributed by atoms with Gasteiger partial charge >= 0.3 is 0 Å². The van der Waals surface area contributed by atoms with Crippen LogP contribution in [0.15, 0.2) is 47.4 Å². The molecule has 2 aromatic rings. The molecule has 0 aromatic heterocycles. The summed E-state index contributed by atoms with van der Waals surface area (Å²) in [5.74, 6) is -1.73. The van der Waals surface area contributed by atoms with E-state index in [1.807, 2.05) is 11.5 Å². The topological polar surface area (TPSA) is 108 Å². The van der Waals surface area contributed by atoms with Gasteiger partial charge in [-0.25, -0.2) is 12.8 Å². The van der Waals surface area contributed by atoms with E-state index >= 15 is 0 Å². The first-order valence-electron chi connectivity index (χ1n) is 6.71. The van der Waals surface area contributed by atoms with Gasteiger partial charge in [-0.2, -0.15) is 5.26 Å². The minimum atomic E-state index is -4.32. The molecule has 0 aliphatic rings. The van der Waals surface area contributed by atoms with Gasteiger partial charge < -0.3 is 4.74 Å². The number of benzene rings is 2. The third-order valence-electron chi connectivity index (χ3n) is 2.87. The molecule has 0 saturated carbocycles. The van der Waals surface area contributed by atoms with Crippen LogP contribution in [0.5, 0.6) is 5.75 Å². The molecule has 0 fully saturated rings. The van der Waals surface area contributed by atoms with Crippen LogP contribution >= 0.6 is 11.6 Å². The molecule has 0 radical (unpaired) electrons. The predicted octanol–water partition coefficient (Wildman–Crippen LogP) is 1.74. The molecule has 0 aliphatic heterocycles. The maximum atomic E-state index is 13.7. The Kier molecular flexibility index (Phi) is 5.93. The highest BCUT2D eigenvalue weighted by atomic mass is 35.5. The monoisotopic (exact) mass is 383 g/mol. The van der Waals surface area contributed by atoms with Crippen molar-refractivity contribution in [1.29, 1.82) is 5.26 Å². The summed E-state index contributed by atoms with van der Waals surface area (Å²) in [5.41, 5.74) is 2.11. The van der Waals surface area contributed by atoms with Crippen LogP contribution in [0.2, 0.25) is 5.02 Å². The van der Waals surface area contributed by atoms with Crippen molar-refractivity contribution in [1.82, 2.24) is 10.3 Å². The molecule has 130 valence electrons. The summed E-state index contributed by atoms with van der Waals surface area (Å²) in [6, 6.07) is 11.1. The summed E-state index contributed by atoms with van der Waals surface area (Å²) in [4.78, 5) is 12.7. The molecule has 2 N–H and O–H groups in total. The lowest BCUT2D eigenvalue weighted by atomic mass is 10.2. The van der Waals surface area contributed by atoms with Gasteiger partial charge in [0.25, 0.3) is 15.9 Å². The lowest BCUT2D eigenvalue weighted by Gasteiger charge is -2.10. The maximum absolute atomic E-state index is 13.7. The number of hydrogen-bond donors (Lipinski definition) is 2. The largest absolute Gasteiger partial charge is 0.482 e. The predicted molar refractivity (Wildman–Crippen MR) is 86.5 cm³/mol. The molecule has 0 unspecified atom stereocenters. The molecule has 2 aromatic carbocycles. The molecule has 0 heterocycles. The Morgan fingerprint density at radius 3 is 2.68 bits per heavy atom. The Labute approximate surface area is 148 Å². The van der Waals surface area contributed by atoms with Gasteiger partial charge in [0.1, 0.15) is 22.5 Å². The van der Waals surface area contributed by atoms with Gasteiger partial charge in [-0.3, -0.25) is 10.2 Å². The lowest BCUT2D eigenvalue weighted by Crippen LogP contribution is -2.44. The summed E-state index contributed by atoms with van der Waals surface area (Å²) in [6.45, 7) is -0.551. The highest BCUT2D eigenvalue weighted by molar-refractivity contribution is 7.89. The number of hydrogen-bond acceptors (Lipinski definition) is 5. The van der Waals surface area contributed by atoms with Crippen molar-refractivity contribution < 1.29 is 22.3 Å². The highest BCUT2D eigenvalue weighted by Gasteiger charge is 2.20. The second-order valence-corrected chi connectivity index (χ2v) is 6.71. The Bertz CT molecular complexity index is 944. The van der Waals surface area contributed by atoms with E-state index in [0.29, 0.717) is 0 Å². The van der Waals surface area contributed by atoms with Crippen LogP contribution in [0.3, 0.4) is 0 Å². The van der Waals surface area contributed by atoms with Crippen LogP contribution in [0.25, 0.3) is 0 Å². The van der Waals surface area contributed by atoms with Crippen LogP contribution in [0, 0.1) is 17.1 Å². The van der Waals surface area contributed by atoms with E-state index in [2.05, 4.69) is 0 Å². The Morgan fingerprint density at radius 2 is 2.00 bits per heavy atom. The molecule has 0 bridgehead atoms. The third kappa shape index (κ3) is 4.90. The van der Waals surface area contributed by atoms with Gasteiger partial charge in [0.05, 0.1) is 5.56 Å². The molecule has 0 spiro atoms. The number of ether oxygens (including phenoxy) is 1. The zero-order chi connectivity index (χ0) is 18.4. The lowest BCUT2D eigenvalue weighted by molar-refractivity contribution is -0.123. The van der Waals surface area contributed by atoms with Crippen LogP contribution in [-0.4, -0.2) is 20.9 Å². The summed E-state index contributed by atoms with van der Waals surface area (Å²) < 4.78 is 42.7. The molecule has 2 rings (SSSR count). The number of carbonyl (C=O) groups excluding carboxylic acids is 1. The normalized spacial score (nSPS) is 10.8. The molecule has 0 aliphatic carbocycles. The number of nitrogens with one attached hydrogen (secondary N) is 2. The van der Waals surface area contributed by atoms with Gasteiger partial charge in [0.2, 0.25) is 0 Å². The standard InChI is InChI=1S/C15H11ClFN3O4S/c16-11-5-6-14(12(17)7-11)25(22,23)20-19-15(21)9-24-13-4-2-1-3-10(13)8-18/h1-7,20H,9H2,(H,19,21). The fourth-order valence-corrected chi connectivity index (χ4v) is 2.82. The molecule has 1 amide bonds. The van der Waals surface area contributed by atoms with Crippen molar-refractivity contribution in [3.8, 4) is 11.8 Å². The van der Waals surface area contributed by atoms with Crippen molar-refractivity contribution in [3.63, 3.8) is 0 Å². The van der Waals surface area contributed by atoms with E-state index < -0.39 is 33.3 Å². The van der Waals surface area contributed by atoms with Crippen LogP contribution in [0.1, 0.15) is 5.56 Å². The number of rotatable bonds is 6. The van der Waals surface area contributed by atoms with Crippen LogP contribution < -0.4 is 15.0 Å². The van der Waals surface area contributed by atoms with Crippen molar-refractivity contribution in [2.45, 2.75) is 4.90 Å². The average molecular weight is 384 g/mol. The number of halogens is 2. The van der Waals surface area contributed by atoms with Crippen molar-refractivity contribution in [3.05, 3.63) is 58.9 Å². The molecular weight excluding hydrogens is 373 g/mol. The minimum absolute atomic E-state index is 0.0324. The first kappa shape index (κ1) is 18.7. The fourth-order valence-electron chi connectivity index (χ4n) is 1.74. The first-order chi connectivity index (χ1) is 11.8. The van der Waals surface area contributed by atoms with E-state index in [4.69, 9.17) is 21.6 Å². The summed E-state index contributed by atoms with van der Waals surface area (Å²) in [6.07, 6.45) is 0. The van der Waals surface area contributed by atoms with E-state index in [1.54, 1.807) is 17.0 Å². The number of hydrazine groups is 1. The van der Waals surface area contributed by atoms with E-state index in [9.17, 15) is 17.6 Å². The molecule has 0 saturated heterocycles. The first-order valence-corrected chi connectivity index (χ1v) is 8.57. The van der Waals surface area contributed by atoms with Crippen LogP contribution in [0.4, 0.5) is 4.39 Å². The van der Waals surface area contributed by atoms with E-state index in [1.165, 1.54) is 18.2 Å². The minimum Gasteiger partial charge on any atom is -0.482 e. The number of amides is 1. The van der Waals surface area contributed by atoms with Crippen LogP contribution in [-0.2, 0) is 14.8 Å². The van der Waals surface area contributed by atoms with Crippen molar-refractivity contribution in [2.75, 3.05) is 6.61 Å². The Balaban J connectivity index is 1.96. The van der Waals surface area contributed by atoms with Gasteiger partial charge in [-0.05, 0) is 30.3 Å². The SMILES string of the molecule is N#Cc1ccccc1OCC(=O)NNS(=O)(=O)c1ccc(Cl)cc1F. The summed E-state index contributed by atoms with van der Waals surface area (Å²) in [7, 11) is -4.32. The molecule has 0 atom stereocenters. The number of carbonyl (C=O) groups is 1. The molecule has 25 heavy (non-hydrogen) atoms. The average Bonchev–Trinajstić information content (AvgIpc) is 2.58. The molecule has 7 nitrogen and oxygen atoms in total. The van der Waals surface area contributed by atoms with Gasteiger partial charge in [-0.15, -0.1) is 4.83 Å². The smallest absolute Gasteiger partial charge is 0.272 e. The molecule has 10 heteroatoms. The summed E-state index contributed by atoms with van der Waals surface area (Å²) >= 11 is 5.55. The van der Waals surface area contributed by atoms with Crippen molar-refractivity contribution >= 4 is 27.5 Å². The van der Waals surface area contributed by atoms with Crippen molar-refractivity contribution in [2.24, 2.45) is 0 Å². The fraction of sp³-hybridized carbons (Fsp3) is 0.0667. The quantitative estimate of drug-likeness (QED) is 0.738. The maximum Gasteiger partial charge on any atom is 0.272 e. The highest BCUT2D eigenvalue weighted by Crippen LogP contribution is 2.18. The van der Waals surface area contributed by atoms with E-state index in [-0.39, 0.29) is 16.3 Å². The Morgan fingerprint density at radius 1 is 1.28 bits per heavy atom. The molecular formula is C15H11ClFN3O4S. The zero-order valence-electron chi connectivity index (χ0n) is 12.5. The number of nitriles is 1. The van der Waals surface area contributed by atoms with Gasteiger partial charge in [0.15, 0.2) is 6.61 Å². The zero-order valence-corrected chi connectivity index (χ0v) is 14.1. The van der Waals surface area contributed by atoms with E-state index in [0.717, 1.165) is 12.1 Å². The second kappa shape index (κ2) is 7.94. The number of para-hydroxylation sites is 1. The number of sulfonamides is 1. The second-order valence-electron chi connectivity index (χ2n) is 4.63. The third-order valence-corrected chi connectivity index (χ3v) is 4.39.